The molecule has 0 bridgehead atoms. The van der Waals surface area contributed by atoms with Crippen LogP contribution in [-0.2, 0) is 14.6 Å². The van der Waals surface area contributed by atoms with Crippen molar-refractivity contribution in [1.82, 2.24) is 10.2 Å². The Morgan fingerprint density at radius 3 is 2.52 bits per heavy atom. The molecule has 0 atom stereocenters. The Morgan fingerprint density at radius 2 is 1.83 bits per heavy atom. The maximum Gasteiger partial charge on any atom is 0.322 e. The number of aromatic nitrogens is 2. The van der Waals surface area contributed by atoms with Crippen molar-refractivity contribution >= 4 is 45.0 Å². The van der Waals surface area contributed by atoms with Gasteiger partial charge in [-0.1, -0.05) is 46.0 Å². The summed E-state index contributed by atoms with van der Waals surface area (Å²) in [6, 6.07) is 11.3. The van der Waals surface area contributed by atoms with Gasteiger partial charge in [0.15, 0.2) is 9.84 Å². The summed E-state index contributed by atoms with van der Waals surface area (Å²) < 4.78 is 30.0. The van der Waals surface area contributed by atoms with Gasteiger partial charge >= 0.3 is 6.01 Å². The SMILES string of the molecule is Cc1ccc(S(=O)(=O)CCCC(=O)Nc2nnc(-c3ccc(Cl)cc3Cl)o2)cc1. The third-order valence-corrected chi connectivity index (χ3v) is 6.39. The van der Waals surface area contributed by atoms with Crippen molar-refractivity contribution in [2.24, 2.45) is 0 Å². The first kappa shape index (κ1) is 21.3. The van der Waals surface area contributed by atoms with E-state index < -0.39 is 15.7 Å². The van der Waals surface area contributed by atoms with Crippen LogP contribution >= 0.6 is 23.2 Å². The van der Waals surface area contributed by atoms with Gasteiger partial charge in [-0.25, -0.2) is 8.42 Å². The van der Waals surface area contributed by atoms with Gasteiger partial charge < -0.3 is 4.42 Å². The van der Waals surface area contributed by atoms with E-state index in [1.165, 1.54) is 6.07 Å². The summed E-state index contributed by atoms with van der Waals surface area (Å²) in [6.45, 7) is 1.88. The molecule has 0 spiro atoms. The average molecular weight is 454 g/mol. The van der Waals surface area contributed by atoms with E-state index in [9.17, 15) is 13.2 Å². The van der Waals surface area contributed by atoms with Gasteiger partial charge in [0.1, 0.15) is 0 Å². The average Bonchev–Trinajstić information content (AvgIpc) is 3.10. The number of rotatable bonds is 7. The van der Waals surface area contributed by atoms with Crippen LogP contribution < -0.4 is 5.32 Å². The summed E-state index contributed by atoms with van der Waals surface area (Å²) in [5, 5.41) is 10.8. The number of halogens is 2. The first-order chi connectivity index (χ1) is 13.7. The maximum absolute atomic E-state index is 12.3. The monoisotopic (exact) mass is 453 g/mol. The minimum absolute atomic E-state index is 0.00942. The molecule has 0 saturated heterocycles. The number of carbonyl (C=O) groups excluding carboxylic acids is 1. The molecule has 0 unspecified atom stereocenters. The van der Waals surface area contributed by atoms with Crippen LogP contribution in [0.15, 0.2) is 51.8 Å². The highest BCUT2D eigenvalue weighted by atomic mass is 35.5. The molecule has 0 saturated carbocycles. The van der Waals surface area contributed by atoms with E-state index in [0.717, 1.165) is 5.56 Å². The van der Waals surface area contributed by atoms with Gasteiger partial charge in [-0.2, -0.15) is 0 Å². The fraction of sp³-hybridized carbons (Fsp3) is 0.211. The second-order valence-electron chi connectivity index (χ2n) is 6.32. The van der Waals surface area contributed by atoms with Crippen molar-refractivity contribution in [3.63, 3.8) is 0 Å². The molecule has 1 heterocycles. The molecule has 2 aromatic carbocycles. The molecule has 10 heteroatoms. The van der Waals surface area contributed by atoms with Gasteiger partial charge in [-0.15, -0.1) is 5.10 Å². The molecule has 0 radical (unpaired) electrons. The van der Waals surface area contributed by atoms with Crippen molar-refractivity contribution < 1.29 is 17.6 Å². The van der Waals surface area contributed by atoms with Gasteiger partial charge in [0.2, 0.25) is 5.91 Å². The van der Waals surface area contributed by atoms with Gasteiger partial charge in [-0.3, -0.25) is 10.1 Å². The second-order valence-corrected chi connectivity index (χ2v) is 9.27. The summed E-state index contributed by atoms with van der Waals surface area (Å²) >= 11 is 11.9. The number of carbonyl (C=O) groups is 1. The molecule has 3 rings (SSSR count). The standard InChI is InChI=1S/C19H17Cl2N3O4S/c1-12-4-7-14(8-5-12)29(26,27)10-2-3-17(25)22-19-24-23-18(28-19)15-9-6-13(20)11-16(15)21/h4-9,11H,2-3,10H2,1H3,(H,22,24,25). The maximum atomic E-state index is 12.3. The molecule has 29 heavy (non-hydrogen) atoms. The highest BCUT2D eigenvalue weighted by Gasteiger charge is 2.17. The topological polar surface area (TPSA) is 102 Å². The van der Waals surface area contributed by atoms with Crippen molar-refractivity contribution in [1.29, 1.82) is 0 Å². The molecule has 0 aliphatic rings. The molecule has 7 nitrogen and oxygen atoms in total. The lowest BCUT2D eigenvalue weighted by atomic mass is 10.2. The van der Waals surface area contributed by atoms with E-state index >= 15 is 0 Å². The van der Waals surface area contributed by atoms with Crippen molar-refractivity contribution in [2.75, 3.05) is 11.1 Å². The Hall–Kier alpha value is -2.42. The van der Waals surface area contributed by atoms with Crippen LogP contribution in [0, 0.1) is 6.92 Å². The van der Waals surface area contributed by atoms with Gasteiger partial charge in [0.25, 0.3) is 5.89 Å². The molecule has 152 valence electrons. The Morgan fingerprint density at radius 1 is 1.10 bits per heavy atom. The quantitative estimate of drug-likeness (QED) is 0.562. The Kier molecular flexibility index (Phi) is 6.56. The number of benzene rings is 2. The van der Waals surface area contributed by atoms with Crippen LogP contribution in [0.25, 0.3) is 11.5 Å². The van der Waals surface area contributed by atoms with Crippen molar-refractivity contribution in [3.8, 4) is 11.5 Å². The predicted molar refractivity (Wildman–Crippen MR) is 111 cm³/mol. The number of sulfone groups is 1. The van der Waals surface area contributed by atoms with E-state index in [4.69, 9.17) is 27.6 Å². The largest absolute Gasteiger partial charge is 0.403 e. The number of amides is 1. The lowest BCUT2D eigenvalue weighted by Crippen LogP contribution is -2.14. The zero-order chi connectivity index (χ0) is 21.0. The van der Waals surface area contributed by atoms with Crippen LogP contribution in [0.3, 0.4) is 0 Å². The van der Waals surface area contributed by atoms with E-state index in [0.29, 0.717) is 15.6 Å². The highest BCUT2D eigenvalue weighted by Crippen LogP contribution is 2.30. The Labute approximate surface area is 178 Å². The fourth-order valence-corrected chi connectivity index (χ4v) is 4.31. The lowest BCUT2D eigenvalue weighted by molar-refractivity contribution is -0.116. The summed E-state index contributed by atoms with van der Waals surface area (Å²) in [6.07, 6.45) is 0.149. The third-order valence-electron chi connectivity index (χ3n) is 4.03. The molecule has 0 aliphatic heterocycles. The van der Waals surface area contributed by atoms with E-state index in [1.807, 2.05) is 6.92 Å². The lowest BCUT2D eigenvalue weighted by Gasteiger charge is -2.05. The smallest absolute Gasteiger partial charge is 0.322 e. The highest BCUT2D eigenvalue weighted by molar-refractivity contribution is 7.91. The summed E-state index contributed by atoms with van der Waals surface area (Å²) in [5.41, 5.74) is 1.45. The number of hydrogen-bond donors (Lipinski definition) is 1. The van der Waals surface area contributed by atoms with E-state index in [2.05, 4.69) is 15.5 Å². The third kappa shape index (κ3) is 5.56. The molecule has 0 fully saturated rings. The minimum Gasteiger partial charge on any atom is -0.403 e. The van der Waals surface area contributed by atoms with Crippen LogP contribution in [0.1, 0.15) is 18.4 Å². The zero-order valence-corrected chi connectivity index (χ0v) is 17.7. The molecule has 0 aliphatic carbocycles. The van der Waals surface area contributed by atoms with Crippen LogP contribution in [0.5, 0.6) is 0 Å². The molecule has 3 aromatic rings. The zero-order valence-electron chi connectivity index (χ0n) is 15.4. The minimum atomic E-state index is -3.44. The molecule has 1 amide bonds. The van der Waals surface area contributed by atoms with Crippen LogP contribution in [0.4, 0.5) is 6.01 Å². The van der Waals surface area contributed by atoms with Crippen molar-refractivity contribution in [3.05, 3.63) is 58.1 Å². The molecule has 1 N–H and O–H groups in total. The van der Waals surface area contributed by atoms with Gasteiger partial charge in [0.05, 0.1) is 21.2 Å². The first-order valence-electron chi connectivity index (χ1n) is 8.63. The normalized spacial score (nSPS) is 11.4. The number of hydrogen-bond acceptors (Lipinski definition) is 6. The molecular weight excluding hydrogens is 437 g/mol. The number of nitrogens with one attached hydrogen (secondary N) is 1. The number of aryl methyl sites for hydroxylation is 1. The van der Waals surface area contributed by atoms with Gasteiger partial charge in [-0.05, 0) is 43.7 Å². The van der Waals surface area contributed by atoms with E-state index in [-0.39, 0.29) is 35.4 Å². The summed E-state index contributed by atoms with van der Waals surface area (Å²) in [5.74, 6) is -0.440. The summed E-state index contributed by atoms with van der Waals surface area (Å²) in [7, 11) is -3.44. The molecular formula is C19H17Cl2N3O4S. The Balaban J connectivity index is 1.55. The van der Waals surface area contributed by atoms with Crippen LogP contribution in [0.2, 0.25) is 10.0 Å². The first-order valence-corrected chi connectivity index (χ1v) is 11.0. The van der Waals surface area contributed by atoms with Crippen LogP contribution in [-0.4, -0.2) is 30.3 Å². The van der Waals surface area contributed by atoms with E-state index in [1.54, 1.807) is 36.4 Å². The van der Waals surface area contributed by atoms with Gasteiger partial charge in [0, 0.05) is 11.4 Å². The summed E-state index contributed by atoms with van der Waals surface area (Å²) in [4.78, 5) is 12.3. The Bertz CT molecular complexity index is 1130. The molecule has 1 aromatic heterocycles. The van der Waals surface area contributed by atoms with Crippen molar-refractivity contribution in [2.45, 2.75) is 24.7 Å². The fourth-order valence-electron chi connectivity index (χ4n) is 2.51. The second kappa shape index (κ2) is 8.94. The number of anilines is 1. The number of nitrogens with zero attached hydrogens (tertiary/aromatic N) is 2. The predicted octanol–water partition coefficient (Wildman–Crippen LogP) is 4.54.